The Morgan fingerprint density at radius 3 is 2.60 bits per heavy atom. The largest absolute Gasteiger partial charge is 0.395 e. The van der Waals surface area contributed by atoms with Gasteiger partial charge >= 0.3 is 0 Å². The number of benzene rings is 2. The SMILES string of the molecule is CC(CO)N(C)CC(=O)N1Cc2ccccc2C(c2ccccc2)C1. The second kappa shape index (κ2) is 7.81. The van der Waals surface area contributed by atoms with Crippen LogP contribution in [-0.4, -0.2) is 53.6 Å². The van der Waals surface area contributed by atoms with Crippen LogP contribution in [0.3, 0.4) is 0 Å². The number of fused-ring (bicyclic) bond motifs is 1. The molecule has 0 saturated heterocycles. The molecule has 25 heavy (non-hydrogen) atoms. The highest BCUT2D eigenvalue weighted by atomic mass is 16.3. The molecule has 2 aromatic carbocycles. The molecule has 132 valence electrons. The van der Waals surface area contributed by atoms with E-state index in [0.29, 0.717) is 19.6 Å². The van der Waals surface area contributed by atoms with Crippen molar-refractivity contribution in [2.75, 3.05) is 26.7 Å². The van der Waals surface area contributed by atoms with E-state index in [4.69, 9.17) is 0 Å². The fourth-order valence-electron chi connectivity index (χ4n) is 3.38. The van der Waals surface area contributed by atoms with Gasteiger partial charge in [-0.15, -0.1) is 0 Å². The Hall–Kier alpha value is -2.17. The van der Waals surface area contributed by atoms with E-state index in [-0.39, 0.29) is 24.5 Å². The normalized spacial score (nSPS) is 18.1. The molecular formula is C21H26N2O2. The molecule has 4 heteroatoms. The predicted octanol–water partition coefficient (Wildman–Crippen LogP) is 2.47. The van der Waals surface area contributed by atoms with Gasteiger partial charge in [0, 0.05) is 25.0 Å². The standard InChI is InChI=1S/C21H26N2O2/c1-16(15-24)22(2)14-21(25)23-12-18-10-6-7-11-19(18)20(13-23)17-8-4-3-5-9-17/h3-11,16,20,24H,12-15H2,1-2H3. The lowest BCUT2D eigenvalue weighted by Crippen LogP contribution is -2.45. The molecule has 3 rings (SSSR count). The zero-order valence-electron chi connectivity index (χ0n) is 14.9. The van der Waals surface area contributed by atoms with Gasteiger partial charge in [-0.25, -0.2) is 0 Å². The molecule has 1 aliphatic heterocycles. The molecule has 0 saturated carbocycles. The smallest absolute Gasteiger partial charge is 0.237 e. The first-order chi connectivity index (χ1) is 12.1. The van der Waals surface area contributed by atoms with Crippen LogP contribution < -0.4 is 0 Å². The number of hydrogen-bond donors (Lipinski definition) is 1. The van der Waals surface area contributed by atoms with Gasteiger partial charge < -0.3 is 10.0 Å². The van der Waals surface area contributed by atoms with Gasteiger partial charge in [-0.1, -0.05) is 54.6 Å². The van der Waals surface area contributed by atoms with E-state index in [9.17, 15) is 9.90 Å². The Labute approximate surface area is 149 Å². The highest BCUT2D eigenvalue weighted by molar-refractivity contribution is 5.79. The lowest BCUT2D eigenvalue weighted by molar-refractivity contribution is -0.133. The molecule has 0 aliphatic carbocycles. The molecular weight excluding hydrogens is 312 g/mol. The monoisotopic (exact) mass is 338 g/mol. The number of hydrogen-bond acceptors (Lipinski definition) is 3. The molecule has 0 radical (unpaired) electrons. The van der Waals surface area contributed by atoms with E-state index in [1.165, 1.54) is 16.7 Å². The highest BCUT2D eigenvalue weighted by Gasteiger charge is 2.29. The average molecular weight is 338 g/mol. The van der Waals surface area contributed by atoms with Crippen molar-refractivity contribution in [3.8, 4) is 0 Å². The first-order valence-electron chi connectivity index (χ1n) is 8.81. The van der Waals surface area contributed by atoms with Crippen LogP contribution in [0, 0.1) is 0 Å². The van der Waals surface area contributed by atoms with Crippen molar-refractivity contribution in [3.05, 3.63) is 71.3 Å². The van der Waals surface area contributed by atoms with Gasteiger partial charge in [-0.3, -0.25) is 9.69 Å². The van der Waals surface area contributed by atoms with E-state index in [1.54, 1.807) is 0 Å². The van der Waals surface area contributed by atoms with Gasteiger partial charge in [-0.05, 0) is 30.7 Å². The molecule has 4 nitrogen and oxygen atoms in total. The number of carbonyl (C=O) groups excluding carboxylic acids is 1. The van der Waals surface area contributed by atoms with Crippen LogP contribution in [0.1, 0.15) is 29.5 Å². The highest BCUT2D eigenvalue weighted by Crippen LogP contribution is 2.33. The molecule has 1 amide bonds. The Bertz CT molecular complexity index is 717. The Kier molecular flexibility index (Phi) is 5.51. The summed E-state index contributed by atoms with van der Waals surface area (Å²) in [6.45, 7) is 3.65. The number of nitrogens with zero attached hydrogens (tertiary/aromatic N) is 2. The van der Waals surface area contributed by atoms with Crippen molar-refractivity contribution in [2.24, 2.45) is 0 Å². The molecule has 2 aromatic rings. The second-order valence-electron chi connectivity index (χ2n) is 6.88. The Morgan fingerprint density at radius 2 is 1.88 bits per heavy atom. The van der Waals surface area contributed by atoms with Crippen molar-refractivity contribution in [3.63, 3.8) is 0 Å². The number of rotatable bonds is 5. The fourth-order valence-corrected chi connectivity index (χ4v) is 3.38. The molecule has 1 N–H and O–H groups in total. The quantitative estimate of drug-likeness (QED) is 0.911. The van der Waals surface area contributed by atoms with Crippen molar-refractivity contribution in [1.29, 1.82) is 0 Å². The first-order valence-corrected chi connectivity index (χ1v) is 8.81. The number of carbonyl (C=O) groups is 1. The summed E-state index contributed by atoms with van der Waals surface area (Å²) in [5, 5.41) is 9.28. The van der Waals surface area contributed by atoms with Crippen LogP contribution >= 0.6 is 0 Å². The van der Waals surface area contributed by atoms with Gasteiger partial charge in [-0.2, -0.15) is 0 Å². The lowest BCUT2D eigenvalue weighted by Gasteiger charge is -2.36. The van der Waals surface area contributed by atoms with Gasteiger partial charge in [0.2, 0.25) is 5.91 Å². The average Bonchev–Trinajstić information content (AvgIpc) is 2.66. The van der Waals surface area contributed by atoms with Crippen LogP contribution in [0.15, 0.2) is 54.6 Å². The van der Waals surface area contributed by atoms with Crippen LogP contribution in [0.5, 0.6) is 0 Å². The summed E-state index contributed by atoms with van der Waals surface area (Å²) in [7, 11) is 1.88. The van der Waals surface area contributed by atoms with Crippen LogP contribution in [0.4, 0.5) is 0 Å². The minimum atomic E-state index is -0.0223. The number of aliphatic hydroxyl groups excluding tert-OH is 1. The Balaban J connectivity index is 1.83. The number of amides is 1. The third-order valence-corrected chi connectivity index (χ3v) is 5.15. The Morgan fingerprint density at radius 1 is 1.20 bits per heavy atom. The predicted molar refractivity (Wildman–Crippen MR) is 99.3 cm³/mol. The molecule has 1 aliphatic rings. The maximum Gasteiger partial charge on any atom is 0.237 e. The summed E-state index contributed by atoms with van der Waals surface area (Å²) in [5.41, 5.74) is 3.77. The molecule has 2 unspecified atom stereocenters. The number of aliphatic hydroxyl groups is 1. The van der Waals surface area contributed by atoms with Crippen molar-refractivity contribution in [1.82, 2.24) is 9.80 Å². The topological polar surface area (TPSA) is 43.8 Å². The lowest BCUT2D eigenvalue weighted by atomic mass is 9.84. The van der Waals surface area contributed by atoms with Crippen LogP contribution in [0.2, 0.25) is 0 Å². The maximum absolute atomic E-state index is 12.8. The van der Waals surface area contributed by atoms with Gasteiger partial charge in [0.1, 0.15) is 0 Å². The van der Waals surface area contributed by atoms with Crippen LogP contribution in [-0.2, 0) is 11.3 Å². The summed E-state index contributed by atoms with van der Waals surface area (Å²) in [5.74, 6) is 0.314. The van der Waals surface area contributed by atoms with E-state index in [1.807, 2.05) is 35.9 Å². The van der Waals surface area contributed by atoms with E-state index >= 15 is 0 Å². The third kappa shape index (κ3) is 3.91. The molecule has 1 heterocycles. The van der Waals surface area contributed by atoms with Crippen molar-refractivity contribution in [2.45, 2.75) is 25.4 Å². The maximum atomic E-state index is 12.8. The number of likely N-dealkylation sites (N-methyl/N-ethyl adjacent to an activating group) is 1. The van der Waals surface area contributed by atoms with Gasteiger partial charge in [0.05, 0.1) is 13.2 Å². The van der Waals surface area contributed by atoms with E-state index in [2.05, 4.69) is 42.5 Å². The summed E-state index contributed by atoms with van der Waals surface area (Å²) in [4.78, 5) is 16.7. The molecule has 2 atom stereocenters. The first kappa shape index (κ1) is 17.6. The van der Waals surface area contributed by atoms with Gasteiger partial charge in [0.15, 0.2) is 0 Å². The van der Waals surface area contributed by atoms with Crippen LogP contribution in [0.25, 0.3) is 0 Å². The van der Waals surface area contributed by atoms with E-state index in [0.717, 1.165) is 0 Å². The summed E-state index contributed by atoms with van der Waals surface area (Å²) < 4.78 is 0. The summed E-state index contributed by atoms with van der Waals surface area (Å²) >= 11 is 0. The summed E-state index contributed by atoms with van der Waals surface area (Å²) in [6, 6.07) is 18.8. The molecule has 0 spiro atoms. The van der Waals surface area contributed by atoms with Crippen molar-refractivity contribution >= 4 is 5.91 Å². The van der Waals surface area contributed by atoms with Crippen molar-refractivity contribution < 1.29 is 9.90 Å². The third-order valence-electron chi connectivity index (χ3n) is 5.15. The minimum absolute atomic E-state index is 0.0223. The zero-order chi connectivity index (χ0) is 17.8. The zero-order valence-corrected chi connectivity index (χ0v) is 14.9. The summed E-state index contributed by atoms with van der Waals surface area (Å²) in [6.07, 6.45) is 0. The molecule has 0 aromatic heterocycles. The fraction of sp³-hybridized carbons (Fsp3) is 0.381. The molecule has 0 bridgehead atoms. The minimum Gasteiger partial charge on any atom is -0.395 e. The van der Waals surface area contributed by atoms with E-state index < -0.39 is 0 Å². The molecule has 0 fully saturated rings. The second-order valence-corrected chi connectivity index (χ2v) is 6.88. The van der Waals surface area contributed by atoms with Gasteiger partial charge in [0.25, 0.3) is 0 Å².